The van der Waals surface area contributed by atoms with Crippen molar-refractivity contribution in [3.8, 4) is 0 Å². The van der Waals surface area contributed by atoms with Gasteiger partial charge >= 0.3 is 12.0 Å². The van der Waals surface area contributed by atoms with E-state index in [4.69, 9.17) is 16.7 Å². The Morgan fingerprint density at radius 2 is 1.62 bits per heavy atom. The highest BCUT2D eigenvalue weighted by Gasteiger charge is 2.33. The molecule has 26 heavy (non-hydrogen) atoms. The zero-order chi connectivity index (χ0) is 18.5. The molecule has 1 heterocycles. The summed E-state index contributed by atoms with van der Waals surface area (Å²) in [5.74, 6) is -0.985. The van der Waals surface area contributed by atoms with E-state index in [0.717, 1.165) is 37.0 Å². The van der Waals surface area contributed by atoms with Crippen molar-refractivity contribution in [1.82, 2.24) is 9.88 Å². The van der Waals surface area contributed by atoms with Crippen molar-refractivity contribution in [2.45, 2.75) is 82.7 Å². The Kier molecular flexibility index (Phi) is 6.75. The maximum absolute atomic E-state index is 13.1. The summed E-state index contributed by atoms with van der Waals surface area (Å²) in [6, 6.07) is 0.470. The first-order chi connectivity index (χ1) is 12.5. The fourth-order valence-electron chi connectivity index (χ4n) is 4.14. The fraction of sp³-hybridized carbons (Fsp3) is 0.722. The van der Waals surface area contributed by atoms with E-state index in [1.807, 2.05) is 0 Å². The number of hydrogen-bond acceptors (Lipinski definition) is 4. The van der Waals surface area contributed by atoms with E-state index in [0.29, 0.717) is 27.2 Å². The average molecular weight is 400 g/mol. The summed E-state index contributed by atoms with van der Waals surface area (Å²) in [7, 11) is 0. The number of carboxylic acid groups (broad SMARTS) is 1. The zero-order valence-electron chi connectivity index (χ0n) is 14.9. The average Bonchev–Trinajstić information content (AvgIpc) is 2.95. The molecule has 0 saturated heterocycles. The molecule has 2 fully saturated rings. The number of aliphatic carboxylic acids is 1. The number of nitrogens with one attached hydrogen (secondary N) is 1. The third-order valence-corrected chi connectivity index (χ3v) is 6.60. The molecule has 0 bridgehead atoms. The van der Waals surface area contributed by atoms with Gasteiger partial charge in [-0.25, -0.2) is 9.78 Å². The molecule has 144 valence electrons. The van der Waals surface area contributed by atoms with Gasteiger partial charge in [0.25, 0.3) is 0 Å². The van der Waals surface area contributed by atoms with Crippen LogP contribution in [0, 0.1) is 0 Å². The SMILES string of the molecule is O=C(O)Cc1nc(NC(=O)N(C2CCCCC2)C2CCCCC2)sc1Cl. The lowest BCUT2D eigenvalue weighted by molar-refractivity contribution is -0.136. The Hall–Kier alpha value is -1.34. The zero-order valence-corrected chi connectivity index (χ0v) is 16.4. The largest absolute Gasteiger partial charge is 0.481 e. The molecule has 0 spiro atoms. The first kappa shape index (κ1) is 19.4. The minimum atomic E-state index is -0.985. The van der Waals surface area contributed by atoms with Crippen molar-refractivity contribution in [2.75, 3.05) is 5.32 Å². The summed E-state index contributed by atoms with van der Waals surface area (Å²) < 4.78 is 0.324. The second-order valence-electron chi connectivity index (χ2n) is 7.23. The molecule has 0 unspecified atom stereocenters. The second kappa shape index (κ2) is 9.04. The van der Waals surface area contributed by atoms with Crippen LogP contribution in [0.25, 0.3) is 0 Å². The number of nitrogens with zero attached hydrogens (tertiary/aromatic N) is 2. The Labute approximate surface area is 162 Å². The van der Waals surface area contributed by atoms with Crippen LogP contribution < -0.4 is 5.32 Å². The van der Waals surface area contributed by atoms with E-state index in [1.165, 1.54) is 38.5 Å². The smallest absolute Gasteiger partial charge is 0.324 e. The van der Waals surface area contributed by atoms with E-state index in [9.17, 15) is 9.59 Å². The Morgan fingerprint density at radius 3 is 2.12 bits per heavy atom. The molecular weight excluding hydrogens is 374 g/mol. The van der Waals surface area contributed by atoms with Gasteiger partial charge in [0.1, 0.15) is 4.34 Å². The first-order valence-electron chi connectivity index (χ1n) is 9.51. The van der Waals surface area contributed by atoms with Gasteiger partial charge in [0.2, 0.25) is 0 Å². The number of urea groups is 1. The van der Waals surface area contributed by atoms with Crippen LogP contribution in [-0.2, 0) is 11.2 Å². The van der Waals surface area contributed by atoms with Crippen LogP contribution in [-0.4, -0.2) is 39.1 Å². The summed E-state index contributed by atoms with van der Waals surface area (Å²) >= 11 is 7.20. The van der Waals surface area contributed by atoms with Gasteiger partial charge < -0.3 is 10.0 Å². The number of amides is 2. The third-order valence-electron chi connectivity index (χ3n) is 5.35. The second-order valence-corrected chi connectivity index (χ2v) is 8.83. The van der Waals surface area contributed by atoms with Crippen molar-refractivity contribution >= 4 is 40.1 Å². The lowest BCUT2D eigenvalue weighted by Gasteiger charge is -2.41. The van der Waals surface area contributed by atoms with E-state index >= 15 is 0 Å². The molecule has 6 nitrogen and oxygen atoms in total. The minimum absolute atomic E-state index is 0.115. The van der Waals surface area contributed by atoms with Gasteiger partial charge in [-0.2, -0.15) is 0 Å². The highest BCUT2D eigenvalue weighted by Crippen LogP contribution is 2.32. The number of anilines is 1. The number of carbonyl (C=O) groups excluding carboxylic acids is 1. The van der Waals surface area contributed by atoms with Gasteiger partial charge in [-0.3, -0.25) is 10.1 Å². The molecule has 0 radical (unpaired) electrons. The lowest BCUT2D eigenvalue weighted by atomic mass is 9.89. The van der Waals surface area contributed by atoms with Crippen LogP contribution in [0.2, 0.25) is 4.34 Å². The number of halogens is 1. The van der Waals surface area contributed by atoms with Crippen molar-refractivity contribution in [2.24, 2.45) is 0 Å². The van der Waals surface area contributed by atoms with Gasteiger partial charge in [0.05, 0.1) is 12.1 Å². The monoisotopic (exact) mass is 399 g/mol. The van der Waals surface area contributed by atoms with E-state index in [-0.39, 0.29) is 12.5 Å². The van der Waals surface area contributed by atoms with Crippen molar-refractivity contribution in [3.63, 3.8) is 0 Å². The highest BCUT2D eigenvalue weighted by atomic mass is 35.5. The Balaban J connectivity index is 1.73. The van der Waals surface area contributed by atoms with E-state index in [1.54, 1.807) is 0 Å². The number of hydrogen-bond donors (Lipinski definition) is 2. The summed E-state index contributed by atoms with van der Waals surface area (Å²) in [5.41, 5.74) is 0.307. The van der Waals surface area contributed by atoms with E-state index < -0.39 is 5.97 Å². The van der Waals surface area contributed by atoms with Crippen molar-refractivity contribution in [3.05, 3.63) is 10.0 Å². The molecule has 2 aliphatic rings. The predicted octanol–water partition coefficient (Wildman–Crippen LogP) is 4.92. The van der Waals surface area contributed by atoms with Crippen molar-refractivity contribution in [1.29, 1.82) is 0 Å². The Bertz CT molecular complexity index is 622. The molecule has 2 N–H and O–H groups in total. The maximum Gasteiger partial charge on any atom is 0.324 e. The number of rotatable bonds is 5. The highest BCUT2D eigenvalue weighted by molar-refractivity contribution is 7.19. The molecule has 1 aromatic rings. The third kappa shape index (κ3) is 4.88. The fourth-order valence-corrected chi connectivity index (χ4v) is 5.17. The van der Waals surface area contributed by atoms with Crippen molar-refractivity contribution < 1.29 is 14.7 Å². The van der Waals surface area contributed by atoms with Gasteiger partial charge in [0, 0.05) is 12.1 Å². The predicted molar refractivity (Wildman–Crippen MR) is 103 cm³/mol. The molecule has 2 saturated carbocycles. The molecule has 0 atom stereocenters. The molecular formula is C18H26ClN3O3S. The van der Waals surface area contributed by atoms with Crippen LogP contribution in [0.4, 0.5) is 9.93 Å². The van der Waals surface area contributed by atoms with Crippen LogP contribution in [0.5, 0.6) is 0 Å². The number of aromatic nitrogens is 1. The number of thiazole rings is 1. The van der Waals surface area contributed by atoms with Crippen LogP contribution in [0.3, 0.4) is 0 Å². The molecule has 1 aromatic heterocycles. The quantitative estimate of drug-likeness (QED) is 0.735. The van der Waals surface area contributed by atoms with Gasteiger partial charge in [0.15, 0.2) is 5.13 Å². The summed E-state index contributed by atoms with van der Waals surface area (Å²) in [6.45, 7) is 0. The lowest BCUT2D eigenvalue weighted by Crippen LogP contribution is -2.50. The van der Waals surface area contributed by atoms with Gasteiger partial charge in [-0.15, -0.1) is 0 Å². The number of carbonyl (C=O) groups is 2. The molecule has 0 aromatic carbocycles. The summed E-state index contributed by atoms with van der Waals surface area (Å²) in [5, 5.41) is 12.2. The minimum Gasteiger partial charge on any atom is -0.481 e. The molecule has 0 aliphatic heterocycles. The first-order valence-corrected chi connectivity index (χ1v) is 10.7. The normalized spacial score (nSPS) is 19.3. The van der Waals surface area contributed by atoms with Gasteiger partial charge in [-0.1, -0.05) is 61.5 Å². The Morgan fingerprint density at radius 1 is 1.08 bits per heavy atom. The molecule has 2 aliphatic carbocycles. The summed E-state index contributed by atoms with van der Waals surface area (Å²) in [4.78, 5) is 30.2. The molecule has 2 amide bonds. The maximum atomic E-state index is 13.1. The summed E-state index contributed by atoms with van der Waals surface area (Å²) in [6.07, 6.45) is 11.2. The molecule has 3 rings (SSSR count). The van der Waals surface area contributed by atoms with Gasteiger partial charge in [-0.05, 0) is 25.7 Å². The van der Waals surface area contributed by atoms with Crippen LogP contribution in [0.1, 0.15) is 69.9 Å². The van der Waals surface area contributed by atoms with Crippen LogP contribution in [0.15, 0.2) is 0 Å². The van der Waals surface area contributed by atoms with E-state index in [2.05, 4.69) is 15.2 Å². The topological polar surface area (TPSA) is 82.5 Å². The number of carboxylic acids is 1. The van der Waals surface area contributed by atoms with Crippen LogP contribution >= 0.6 is 22.9 Å². The standard InChI is InChI=1S/C18H26ClN3O3S/c19-16-14(11-15(23)24)20-17(26-16)21-18(25)22(12-7-3-1-4-8-12)13-9-5-2-6-10-13/h12-13H,1-11H2,(H,23,24)(H,20,21,25). The molecule has 8 heteroatoms.